The predicted octanol–water partition coefficient (Wildman–Crippen LogP) is 1.07. The summed E-state index contributed by atoms with van der Waals surface area (Å²) in [5.41, 5.74) is -0.179. The fraction of sp³-hybridized carbons (Fsp3) is 0.800. The lowest BCUT2D eigenvalue weighted by Gasteiger charge is -2.19. The lowest BCUT2D eigenvalue weighted by molar-refractivity contribution is 0.251. The fourth-order valence-corrected chi connectivity index (χ4v) is 1.39. The van der Waals surface area contributed by atoms with E-state index >= 15 is 0 Å². The number of hydrogen-bond acceptors (Lipinski definition) is 3. The molecule has 0 radical (unpaired) electrons. The van der Waals surface area contributed by atoms with Gasteiger partial charge in [-0.2, -0.15) is 0 Å². The van der Waals surface area contributed by atoms with Crippen LogP contribution in [0.15, 0.2) is 0 Å². The minimum absolute atomic E-state index is 0.0133. The van der Waals surface area contributed by atoms with Crippen molar-refractivity contribution in [1.82, 2.24) is 10.0 Å². The van der Waals surface area contributed by atoms with Gasteiger partial charge in [-0.3, -0.25) is 4.79 Å². The van der Waals surface area contributed by atoms with Crippen molar-refractivity contribution in [2.24, 2.45) is 0 Å². The largest absolute Gasteiger partial charge is 0.327 e. The second-order valence-electron chi connectivity index (χ2n) is 2.30. The SMILES string of the molecule is CCC1(C)NSC(=O)N1. The Balaban J connectivity index is 2.54. The van der Waals surface area contributed by atoms with Gasteiger partial charge >= 0.3 is 0 Å². The van der Waals surface area contributed by atoms with Crippen LogP contribution in [0.5, 0.6) is 0 Å². The Kier molecular flexibility index (Phi) is 1.68. The molecule has 0 spiro atoms. The highest BCUT2D eigenvalue weighted by molar-refractivity contribution is 8.12. The molecule has 3 nitrogen and oxygen atoms in total. The molecule has 0 aromatic carbocycles. The van der Waals surface area contributed by atoms with E-state index in [0.29, 0.717) is 0 Å². The molecule has 0 aromatic heterocycles. The van der Waals surface area contributed by atoms with Crippen LogP contribution in [-0.4, -0.2) is 10.9 Å². The van der Waals surface area contributed by atoms with Gasteiger partial charge in [0.2, 0.25) is 0 Å². The summed E-state index contributed by atoms with van der Waals surface area (Å²) in [6.45, 7) is 3.99. The van der Waals surface area contributed by atoms with E-state index in [1.807, 2.05) is 13.8 Å². The lowest BCUT2D eigenvalue weighted by Crippen LogP contribution is -2.44. The second kappa shape index (κ2) is 2.19. The summed E-state index contributed by atoms with van der Waals surface area (Å²) in [6, 6.07) is 0. The highest BCUT2D eigenvalue weighted by atomic mass is 32.2. The Morgan fingerprint density at radius 2 is 2.44 bits per heavy atom. The van der Waals surface area contributed by atoms with Gasteiger partial charge < -0.3 is 5.32 Å². The van der Waals surface area contributed by atoms with Crippen molar-refractivity contribution in [1.29, 1.82) is 0 Å². The number of hydrogen-bond donors (Lipinski definition) is 2. The van der Waals surface area contributed by atoms with Crippen LogP contribution in [0.1, 0.15) is 20.3 Å². The second-order valence-corrected chi connectivity index (χ2v) is 3.08. The molecule has 1 amide bonds. The van der Waals surface area contributed by atoms with E-state index in [1.54, 1.807) is 0 Å². The average Bonchev–Trinajstić information content (AvgIpc) is 2.13. The number of rotatable bonds is 1. The zero-order chi connectivity index (χ0) is 6.91. The van der Waals surface area contributed by atoms with Gasteiger partial charge in [0, 0.05) is 11.9 Å². The Morgan fingerprint density at radius 3 is 2.67 bits per heavy atom. The number of amides is 1. The van der Waals surface area contributed by atoms with Crippen LogP contribution in [0.4, 0.5) is 4.79 Å². The first-order valence-corrected chi connectivity index (χ1v) is 3.74. The van der Waals surface area contributed by atoms with Crippen LogP contribution >= 0.6 is 11.9 Å². The molecule has 1 saturated heterocycles. The molecular weight excluding hydrogens is 136 g/mol. The van der Waals surface area contributed by atoms with Crippen LogP contribution < -0.4 is 10.0 Å². The van der Waals surface area contributed by atoms with Crippen LogP contribution in [0.2, 0.25) is 0 Å². The van der Waals surface area contributed by atoms with Gasteiger partial charge in [-0.25, -0.2) is 4.72 Å². The van der Waals surface area contributed by atoms with Gasteiger partial charge in [0.15, 0.2) is 0 Å². The maximum atomic E-state index is 10.6. The van der Waals surface area contributed by atoms with Gasteiger partial charge in [-0.05, 0) is 13.3 Å². The van der Waals surface area contributed by atoms with Crippen LogP contribution in [0.25, 0.3) is 0 Å². The first-order valence-electron chi connectivity index (χ1n) is 2.92. The molecule has 1 heterocycles. The van der Waals surface area contributed by atoms with Gasteiger partial charge in [0.1, 0.15) is 0 Å². The van der Waals surface area contributed by atoms with Gasteiger partial charge in [0.25, 0.3) is 5.24 Å². The molecule has 1 unspecified atom stereocenters. The molecular formula is C5H10N2OS. The highest BCUT2D eigenvalue weighted by Gasteiger charge is 2.30. The van der Waals surface area contributed by atoms with E-state index < -0.39 is 0 Å². The highest BCUT2D eigenvalue weighted by Crippen LogP contribution is 2.18. The summed E-state index contributed by atoms with van der Waals surface area (Å²) in [6.07, 6.45) is 0.908. The quantitative estimate of drug-likeness (QED) is 0.544. The summed E-state index contributed by atoms with van der Waals surface area (Å²) in [5, 5.41) is 2.81. The summed E-state index contributed by atoms with van der Waals surface area (Å²) in [5.74, 6) is 0. The maximum Gasteiger partial charge on any atom is 0.295 e. The van der Waals surface area contributed by atoms with Crippen molar-refractivity contribution >= 4 is 17.2 Å². The van der Waals surface area contributed by atoms with E-state index in [9.17, 15) is 4.79 Å². The fourth-order valence-electron chi connectivity index (χ4n) is 0.596. The molecule has 0 aliphatic carbocycles. The normalized spacial score (nSPS) is 34.7. The molecule has 0 bridgehead atoms. The summed E-state index contributed by atoms with van der Waals surface area (Å²) < 4.78 is 2.99. The lowest BCUT2D eigenvalue weighted by atomic mass is 10.2. The molecule has 1 atom stereocenters. The third-order valence-electron chi connectivity index (χ3n) is 1.45. The molecule has 0 saturated carbocycles. The van der Waals surface area contributed by atoms with Gasteiger partial charge in [0.05, 0.1) is 5.66 Å². The molecule has 4 heteroatoms. The maximum absolute atomic E-state index is 10.6. The van der Waals surface area contributed by atoms with E-state index in [4.69, 9.17) is 0 Å². The number of nitrogens with one attached hydrogen (secondary N) is 2. The minimum atomic E-state index is -0.179. The molecule has 1 aliphatic rings. The zero-order valence-electron chi connectivity index (χ0n) is 5.52. The third kappa shape index (κ3) is 1.37. The minimum Gasteiger partial charge on any atom is -0.327 e. The van der Waals surface area contributed by atoms with Gasteiger partial charge in [-0.15, -0.1) is 0 Å². The zero-order valence-corrected chi connectivity index (χ0v) is 6.34. The van der Waals surface area contributed by atoms with Gasteiger partial charge in [-0.1, -0.05) is 6.92 Å². The Bertz CT molecular complexity index is 139. The van der Waals surface area contributed by atoms with Crippen molar-refractivity contribution in [2.45, 2.75) is 25.9 Å². The molecule has 52 valence electrons. The van der Waals surface area contributed by atoms with Crippen LogP contribution in [0, 0.1) is 0 Å². The topological polar surface area (TPSA) is 41.1 Å². The van der Waals surface area contributed by atoms with E-state index in [2.05, 4.69) is 10.0 Å². The van der Waals surface area contributed by atoms with Crippen molar-refractivity contribution in [3.63, 3.8) is 0 Å². The molecule has 0 aromatic rings. The molecule has 2 N–H and O–H groups in total. The first-order chi connectivity index (χ1) is 4.16. The van der Waals surface area contributed by atoms with Crippen molar-refractivity contribution < 1.29 is 4.79 Å². The molecule has 1 fully saturated rings. The van der Waals surface area contributed by atoms with E-state index in [-0.39, 0.29) is 10.9 Å². The molecule has 9 heavy (non-hydrogen) atoms. The Hall–Kier alpha value is -0.220. The summed E-state index contributed by atoms with van der Waals surface area (Å²) in [7, 11) is 0. The number of carbonyl (C=O) groups is 1. The van der Waals surface area contributed by atoms with Crippen molar-refractivity contribution in [2.75, 3.05) is 0 Å². The molecule has 1 aliphatic heterocycles. The van der Waals surface area contributed by atoms with Crippen molar-refractivity contribution in [3.8, 4) is 0 Å². The van der Waals surface area contributed by atoms with E-state index in [1.165, 1.54) is 0 Å². The predicted molar refractivity (Wildman–Crippen MR) is 38.0 cm³/mol. The van der Waals surface area contributed by atoms with E-state index in [0.717, 1.165) is 18.4 Å². The molecule has 1 rings (SSSR count). The summed E-state index contributed by atoms with van der Waals surface area (Å²) in [4.78, 5) is 10.6. The summed E-state index contributed by atoms with van der Waals surface area (Å²) >= 11 is 1.13. The van der Waals surface area contributed by atoms with Crippen molar-refractivity contribution in [3.05, 3.63) is 0 Å². The third-order valence-corrected chi connectivity index (χ3v) is 2.29. The van der Waals surface area contributed by atoms with Crippen LogP contribution in [-0.2, 0) is 0 Å². The first kappa shape index (κ1) is 6.89. The Labute approximate surface area is 58.7 Å². The number of carbonyl (C=O) groups excluding carboxylic acids is 1. The Morgan fingerprint density at radius 1 is 1.78 bits per heavy atom. The average molecular weight is 146 g/mol. The van der Waals surface area contributed by atoms with Crippen LogP contribution in [0.3, 0.4) is 0 Å². The smallest absolute Gasteiger partial charge is 0.295 e. The standard InChI is InChI=1S/C5H10N2OS/c1-3-5(2)6-4(8)9-7-5/h7H,3H2,1-2H3,(H,6,8). The monoisotopic (exact) mass is 146 g/mol.